The molecule has 1 aromatic heterocycles. The van der Waals surface area contributed by atoms with E-state index in [0.29, 0.717) is 30.0 Å². The molecule has 0 fully saturated rings. The predicted octanol–water partition coefficient (Wildman–Crippen LogP) is 3.72. The lowest BCUT2D eigenvalue weighted by molar-refractivity contribution is -0.116. The van der Waals surface area contributed by atoms with Crippen molar-refractivity contribution in [3.05, 3.63) is 53.9 Å². The lowest BCUT2D eigenvalue weighted by Crippen LogP contribution is -2.12. The molecule has 0 saturated heterocycles. The first-order valence-electron chi connectivity index (χ1n) is 7.44. The quantitative estimate of drug-likeness (QED) is 0.780. The summed E-state index contributed by atoms with van der Waals surface area (Å²) in [5, 5.41) is 2.89. The highest BCUT2D eigenvalue weighted by Gasteiger charge is 2.10. The van der Waals surface area contributed by atoms with Gasteiger partial charge in [0, 0.05) is 13.3 Å². The summed E-state index contributed by atoms with van der Waals surface area (Å²) in [4.78, 5) is 16.4. The van der Waals surface area contributed by atoms with Gasteiger partial charge in [-0.05, 0) is 36.2 Å². The number of oxazole rings is 1. The molecule has 3 aromatic rings. The molecule has 0 aliphatic heterocycles. The molecule has 1 heterocycles. The van der Waals surface area contributed by atoms with Crippen molar-refractivity contribution < 1.29 is 13.9 Å². The summed E-state index contributed by atoms with van der Waals surface area (Å²) in [6.45, 7) is 1.79. The number of nitrogens with zero attached hydrogens (tertiary/aromatic N) is 1. The van der Waals surface area contributed by atoms with Crippen LogP contribution in [0.15, 0.2) is 46.9 Å². The van der Waals surface area contributed by atoms with E-state index >= 15 is 0 Å². The van der Waals surface area contributed by atoms with Gasteiger partial charge in [-0.2, -0.15) is 0 Å². The van der Waals surface area contributed by atoms with E-state index in [1.807, 2.05) is 42.5 Å². The Bertz CT molecular complexity index is 839. The van der Waals surface area contributed by atoms with Crippen molar-refractivity contribution in [2.75, 3.05) is 12.4 Å². The zero-order chi connectivity index (χ0) is 16.2. The summed E-state index contributed by atoms with van der Waals surface area (Å²) in [6, 6.07) is 13.3. The minimum atomic E-state index is -0.0608. The van der Waals surface area contributed by atoms with E-state index in [9.17, 15) is 4.79 Å². The van der Waals surface area contributed by atoms with Crippen molar-refractivity contribution >= 4 is 22.7 Å². The molecule has 1 amide bonds. The Hall–Kier alpha value is -2.82. The van der Waals surface area contributed by atoms with Crippen molar-refractivity contribution in [3.8, 4) is 5.75 Å². The lowest BCUT2D eigenvalue weighted by Gasteiger charge is -2.06. The minimum Gasteiger partial charge on any atom is -0.497 e. The SMILES string of the molecule is COc1cccc(CCC(=O)Nc2cccc3nc(C)oc23)c1. The number of hydrogen-bond donors (Lipinski definition) is 1. The summed E-state index contributed by atoms with van der Waals surface area (Å²) >= 11 is 0. The molecule has 0 atom stereocenters. The standard InChI is InChI=1S/C18H18N2O3/c1-12-19-15-7-4-8-16(18(15)23-12)20-17(21)10-9-13-5-3-6-14(11-13)22-2/h3-8,11H,9-10H2,1-2H3,(H,20,21). The third-order valence-corrected chi connectivity index (χ3v) is 3.57. The molecule has 3 rings (SSSR count). The first-order valence-corrected chi connectivity index (χ1v) is 7.44. The number of anilines is 1. The van der Waals surface area contributed by atoms with E-state index in [1.54, 1.807) is 14.0 Å². The van der Waals surface area contributed by atoms with Gasteiger partial charge in [-0.25, -0.2) is 4.98 Å². The van der Waals surface area contributed by atoms with Gasteiger partial charge in [-0.1, -0.05) is 18.2 Å². The van der Waals surface area contributed by atoms with Crippen LogP contribution in [0.5, 0.6) is 5.75 Å². The van der Waals surface area contributed by atoms with Gasteiger partial charge < -0.3 is 14.5 Å². The zero-order valence-corrected chi connectivity index (χ0v) is 13.1. The van der Waals surface area contributed by atoms with Crippen molar-refractivity contribution in [1.29, 1.82) is 0 Å². The van der Waals surface area contributed by atoms with Crippen LogP contribution < -0.4 is 10.1 Å². The van der Waals surface area contributed by atoms with Crippen LogP contribution in [0.25, 0.3) is 11.1 Å². The minimum absolute atomic E-state index is 0.0608. The van der Waals surface area contributed by atoms with Crippen LogP contribution in [0.3, 0.4) is 0 Å². The maximum Gasteiger partial charge on any atom is 0.224 e. The van der Waals surface area contributed by atoms with Gasteiger partial charge in [0.15, 0.2) is 11.5 Å². The summed E-state index contributed by atoms with van der Waals surface area (Å²) in [7, 11) is 1.63. The monoisotopic (exact) mass is 310 g/mol. The van der Waals surface area contributed by atoms with E-state index in [-0.39, 0.29) is 5.91 Å². The van der Waals surface area contributed by atoms with Gasteiger partial charge in [0.25, 0.3) is 0 Å². The van der Waals surface area contributed by atoms with Gasteiger partial charge in [0.05, 0.1) is 12.8 Å². The van der Waals surface area contributed by atoms with Crippen LogP contribution in [-0.2, 0) is 11.2 Å². The number of hydrogen-bond acceptors (Lipinski definition) is 4. The lowest BCUT2D eigenvalue weighted by atomic mass is 10.1. The Balaban J connectivity index is 1.66. The predicted molar refractivity (Wildman–Crippen MR) is 88.7 cm³/mol. The number of rotatable bonds is 5. The largest absolute Gasteiger partial charge is 0.497 e. The van der Waals surface area contributed by atoms with Gasteiger partial charge in [0.1, 0.15) is 11.3 Å². The first-order chi connectivity index (χ1) is 11.2. The number of nitrogens with one attached hydrogen (secondary N) is 1. The molecule has 0 aliphatic carbocycles. The molecular weight excluding hydrogens is 292 g/mol. The van der Waals surface area contributed by atoms with Crippen LogP contribution in [0.1, 0.15) is 17.9 Å². The van der Waals surface area contributed by atoms with Crippen molar-refractivity contribution in [3.63, 3.8) is 0 Å². The molecular formula is C18H18N2O3. The Labute approximate surface area is 134 Å². The number of para-hydroxylation sites is 1. The summed E-state index contributed by atoms with van der Waals surface area (Å²) in [6.07, 6.45) is 1.03. The van der Waals surface area contributed by atoms with Crippen molar-refractivity contribution in [2.24, 2.45) is 0 Å². The van der Waals surface area contributed by atoms with Gasteiger partial charge >= 0.3 is 0 Å². The summed E-state index contributed by atoms with van der Waals surface area (Å²) < 4.78 is 10.7. The number of aromatic nitrogens is 1. The molecule has 1 N–H and O–H groups in total. The van der Waals surface area contributed by atoms with E-state index < -0.39 is 0 Å². The Morgan fingerprint density at radius 3 is 2.91 bits per heavy atom. The smallest absolute Gasteiger partial charge is 0.224 e. The fraction of sp³-hybridized carbons (Fsp3) is 0.222. The normalized spacial score (nSPS) is 10.7. The molecule has 118 valence electrons. The van der Waals surface area contributed by atoms with Crippen LogP contribution in [-0.4, -0.2) is 18.0 Å². The van der Waals surface area contributed by atoms with Gasteiger partial charge in [0.2, 0.25) is 5.91 Å². The average Bonchev–Trinajstić information content (AvgIpc) is 2.94. The van der Waals surface area contributed by atoms with Crippen LogP contribution in [0, 0.1) is 6.92 Å². The van der Waals surface area contributed by atoms with E-state index in [2.05, 4.69) is 10.3 Å². The molecule has 0 unspecified atom stereocenters. The van der Waals surface area contributed by atoms with Crippen molar-refractivity contribution in [2.45, 2.75) is 19.8 Å². The second-order valence-electron chi connectivity index (χ2n) is 5.29. The Morgan fingerprint density at radius 1 is 1.26 bits per heavy atom. The molecule has 23 heavy (non-hydrogen) atoms. The number of carbonyl (C=O) groups is 1. The number of benzene rings is 2. The number of methoxy groups -OCH3 is 1. The third kappa shape index (κ3) is 3.51. The number of fused-ring (bicyclic) bond motifs is 1. The Kier molecular flexibility index (Phi) is 4.28. The van der Waals surface area contributed by atoms with E-state index in [0.717, 1.165) is 16.8 Å². The fourth-order valence-corrected chi connectivity index (χ4v) is 2.46. The maximum absolute atomic E-state index is 12.2. The zero-order valence-electron chi connectivity index (χ0n) is 13.1. The van der Waals surface area contributed by atoms with Crippen LogP contribution >= 0.6 is 0 Å². The second kappa shape index (κ2) is 6.52. The number of ether oxygens (including phenoxy) is 1. The Morgan fingerprint density at radius 2 is 2.09 bits per heavy atom. The second-order valence-corrected chi connectivity index (χ2v) is 5.29. The van der Waals surface area contributed by atoms with Gasteiger partial charge in [-0.3, -0.25) is 4.79 Å². The highest BCUT2D eigenvalue weighted by Crippen LogP contribution is 2.24. The summed E-state index contributed by atoms with van der Waals surface area (Å²) in [5.74, 6) is 1.32. The fourth-order valence-electron chi connectivity index (χ4n) is 2.46. The topological polar surface area (TPSA) is 64.4 Å². The first kappa shape index (κ1) is 15.1. The van der Waals surface area contributed by atoms with Crippen molar-refractivity contribution in [1.82, 2.24) is 4.98 Å². The van der Waals surface area contributed by atoms with E-state index in [1.165, 1.54) is 0 Å². The van der Waals surface area contributed by atoms with E-state index in [4.69, 9.17) is 9.15 Å². The number of aryl methyl sites for hydroxylation is 2. The number of carbonyl (C=O) groups excluding carboxylic acids is 1. The average molecular weight is 310 g/mol. The molecule has 0 saturated carbocycles. The maximum atomic E-state index is 12.2. The highest BCUT2D eigenvalue weighted by molar-refractivity contribution is 5.98. The summed E-state index contributed by atoms with van der Waals surface area (Å²) in [5.41, 5.74) is 3.07. The highest BCUT2D eigenvalue weighted by atomic mass is 16.5. The van der Waals surface area contributed by atoms with Crippen LogP contribution in [0.4, 0.5) is 5.69 Å². The molecule has 0 spiro atoms. The van der Waals surface area contributed by atoms with Gasteiger partial charge in [-0.15, -0.1) is 0 Å². The molecule has 0 aliphatic rings. The molecule has 5 heteroatoms. The van der Waals surface area contributed by atoms with Crippen LogP contribution in [0.2, 0.25) is 0 Å². The third-order valence-electron chi connectivity index (χ3n) is 3.57. The number of amides is 1. The molecule has 0 bridgehead atoms. The molecule has 5 nitrogen and oxygen atoms in total. The molecule has 2 aromatic carbocycles. The molecule has 0 radical (unpaired) electrons.